The van der Waals surface area contributed by atoms with Crippen molar-refractivity contribution in [2.45, 2.75) is 13.3 Å². The molecule has 2 aliphatic rings. The number of allylic oxidation sites excluding steroid dienone is 2. The summed E-state index contributed by atoms with van der Waals surface area (Å²) in [6.07, 6.45) is 5.49. The molecular formula is C8H11N. The molecule has 0 aromatic carbocycles. The number of hydrogen-bond acceptors (Lipinski definition) is 1. The van der Waals surface area contributed by atoms with E-state index >= 15 is 0 Å². The molecule has 3 atom stereocenters. The fraction of sp³-hybridized carbons (Fsp3) is 0.625. The van der Waals surface area contributed by atoms with Crippen LogP contribution in [0.4, 0.5) is 0 Å². The van der Waals surface area contributed by atoms with Crippen molar-refractivity contribution in [3.05, 3.63) is 12.2 Å². The maximum Gasteiger partial charge on any atom is 0.0341 e. The van der Waals surface area contributed by atoms with Crippen molar-refractivity contribution in [1.82, 2.24) is 0 Å². The highest BCUT2D eigenvalue weighted by Gasteiger charge is 2.42. The highest BCUT2D eigenvalue weighted by atomic mass is 14.5. The Balaban J connectivity index is 2.25. The maximum absolute atomic E-state index is 7.46. The summed E-state index contributed by atoms with van der Waals surface area (Å²) >= 11 is 0. The molecule has 1 nitrogen and oxygen atoms in total. The van der Waals surface area contributed by atoms with Crippen LogP contribution in [0.1, 0.15) is 13.3 Å². The lowest BCUT2D eigenvalue weighted by Crippen LogP contribution is -2.13. The van der Waals surface area contributed by atoms with Crippen molar-refractivity contribution in [3.8, 4) is 0 Å². The summed E-state index contributed by atoms with van der Waals surface area (Å²) < 4.78 is 0. The largest absolute Gasteiger partial charge is 0.305 e. The Morgan fingerprint density at radius 2 is 2.44 bits per heavy atom. The molecule has 1 saturated carbocycles. The Kier molecular flexibility index (Phi) is 0.850. The van der Waals surface area contributed by atoms with E-state index in [0.717, 1.165) is 17.5 Å². The molecule has 0 aromatic heterocycles. The Bertz CT molecular complexity index is 181. The van der Waals surface area contributed by atoms with E-state index in [0.29, 0.717) is 5.92 Å². The molecule has 1 heteroatoms. The zero-order valence-corrected chi connectivity index (χ0v) is 5.59. The normalized spacial score (nSPS) is 46.8. The van der Waals surface area contributed by atoms with Crippen molar-refractivity contribution in [1.29, 1.82) is 5.41 Å². The molecule has 0 aliphatic heterocycles. The van der Waals surface area contributed by atoms with Crippen LogP contribution in [-0.2, 0) is 0 Å². The maximum atomic E-state index is 7.46. The van der Waals surface area contributed by atoms with Gasteiger partial charge in [-0.15, -0.1) is 0 Å². The van der Waals surface area contributed by atoms with E-state index in [-0.39, 0.29) is 0 Å². The number of hydrogen-bond donors (Lipinski definition) is 1. The van der Waals surface area contributed by atoms with Gasteiger partial charge in [0.25, 0.3) is 0 Å². The molecule has 9 heavy (non-hydrogen) atoms. The van der Waals surface area contributed by atoms with Crippen LogP contribution in [0.25, 0.3) is 0 Å². The van der Waals surface area contributed by atoms with Crippen LogP contribution in [0.3, 0.4) is 0 Å². The highest BCUT2D eigenvalue weighted by molar-refractivity contribution is 5.95. The summed E-state index contributed by atoms with van der Waals surface area (Å²) in [5.41, 5.74) is 0.828. The van der Waals surface area contributed by atoms with Crippen molar-refractivity contribution < 1.29 is 0 Å². The molecule has 3 unspecified atom stereocenters. The third-order valence-corrected chi connectivity index (χ3v) is 2.55. The van der Waals surface area contributed by atoms with Crippen LogP contribution in [-0.4, -0.2) is 5.71 Å². The summed E-state index contributed by atoms with van der Waals surface area (Å²) in [5, 5.41) is 7.46. The van der Waals surface area contributed by atoms with E-state index in [1.54, 1.807) is 0 Å². The van der Waals surface area contributed by atoms with Gasteiger partial charge in [0.2, 0.25) is 0 Å². The van der Waals surface area contributed by atoms with Gasteiger partial charge in [-0.05, 0) is 24.3 Å². The van der Waals surface area contributed by atoms with E-state index in [1.165, 1.54) is 6.42 Å². The minimum absolute atomic E-state index is 0.542. The van der Waals surface area contributed by atoms with Crippen LogP contribution in [0.5, 0.6) is 0 Å². The zero-order valence-electron chi connectivity index (χ0n) is 5.59. The lowest BCUT2D eigenvalue weighted by Gasteiger charge is -2.11. The van der Waals surface area contributed by atoms with E-state index < -0.39 is 0 Å². The van der Waals surface area contributed by atoms with E-state index in [1.807, 2.05) is 6.08 Å². The molecule has 48 valence electrons. The lowest BCUT2D eigenvalue weighted by molar-refractivity contribution is 0.627. The van der Waals surface area contributed by atoms with Crippen LogP contribution >= 0.6 is 0 Å². The first kappa shape index (κ1) is 5.21. The average Bonchev–Trinajstić information content (AvgIpc) is 2.58. The fourth-order valence-electron chi connectivity index (χ4n) is 1.64. The van der Waals surface area contributed by atoms with Gasteiger partial charge in [-0.2, -0.15) is 0 Å². The van der Waals surface area contributed by atoms with Crippen molar-refractivity contribution in [3.63, 3.8) is 0 Å². The van der Waals surface area contributed by atoms with E-state index in [4.69, 9.17) is 5.41 Å². The average molecular weight is 121 g/mol. The smallest absolute Gasteiger partial charge is 0.0341 e. The van der Waals surface area contributed by atoms with Gasteiger partial charge < -0.3 is 5.41 Å². The number of rotatable bonds is 0. The van der Waals surface area contributed by atoms with Crippen LogP contribution < -0.4 is 0 Å². The second-order valence-electron chi connectivity index (χ2n) is 3.17. The zero-order chi connectivity index (χ0) is 6.43. The predicted molar refractivity (Wildman–Crippen MR) is 37.6 cm³/mol. The molecule has 0 radical (unpaired) electrons. The molecular weight excluding hydrogens is 110 g/mol. The van der Waals surface area contributed by atoms with Gasteiger partial charge in [-0.3, -0.25) is 0 Å². The highest BCUT2D eigenvalue weighted by Crippen LogP contribution is 2.48. The van der Waals surface area contributed by atoms with Crippen LogP contribution in [0, 0.1) is 23.2 Å². The molecule has 2 aliphatic carbocycles. The second-order valence-corrected chi connectivity index (χ2v) is 3.17. The van der Waals surface area contributed by atoms with Gasteiger partial charge >= 0.3 is 0 Å². The molecule has 2 rings (SSSR count). The van der Waals surface area contributed by atoms with Gasteiger partial charge in [0.1, 0.15) is 0 Å². The van der Waals surface area contributed by atoms with Gasteiger partial charge in [-0.25, -0.2) is 0 Å². The first-order valence-corrected chi connectivity index (χ1v) is 3.55. The fourth-order valence-corrected chi connectivity index (χ4v) is 1.64. The topological polar surface area (TPSA) is 23.9 Å². The molecule has 1 N–H and O–H groups in total. The number of nitrogens with one attached hydrogen (secondary N) is 1. The summed E-state index contributed by atoms with van der Waals surface area (Å²) in [6.45, 7) is 2.16. The minimum Gasteiger partial charge on any atom is -0.305 e. The third-order valence-electron chi connectivity index (χ3n) is 2.55. The first-order valence-electron chi connectivity index (χ1n) is 3.55. The molecule has 0 aromatic rings. The SMILES string of the molecule is CC1C(=N)C=CC2CC21. The van der Waals surface area contributed by atoms with E-state index in [9.17, 15) is 0 Å². The van der Waals surface area contributed by atoms with Crippen molar-refractivity contribution >= 4 is 5.71 Å². The van der Waals surface area contributed by atoms with Gasteiger partial charge in [0.05, 0.1) is 0 Å². The Labute approximate surface area is 55.3 Å². The minimum atomic E-state index is 0.542. The lowest BCUT2D eigenvalue weighted by atomic mass is 9.94. The van der Waals surface area contributed by atoms with Crippen molar-refractivity contribution in [2.75, 3.05) is 0 Å². The van der Waals surface area contributed by atoms with Crippen LogP contribution in [0.15, 0.2) is 12.2 Å². The second kappa shape index (κ2) is 1.47. The monoisotopic (exact) mass is 121 g/mol. The predicted octanol–water partition coefficient (Wildman–Crippen LogP) is 1.85. The van der Waals surface area contributed by atoms with E-state index in [2.05, 4.69) is 13.0 Å². The molecule has 0 spiro atoms. The molecule has 0 amide bonds. The van der Waals surface area contributed by atoms with Gasteiger partial charge in [-0.1, -0.05) is 13.0 Å². The van der Waals surface area contributed by atoms with Crippen molar-refractivity contribution in [2.24, 2.45) is 17.8 Å². The molecule has 1 fully saturated rings. The quantitative estimate of drug-likeness (QED) is 0.505. The summed E-state index contributed by atoms with van der Waals surface area (Å²) in [6, 6.07) is 0. The molecule has 0 bridgehead atoms. The Hall–Kier alpha value is -0.590. The first-order chi connectivity index (χ1) is 4.29. The summed E-state index contributed by atoms with van der Waals surface area (Å²) in [5.74, 6) is 2.22. The molecule has 0 heterocycles. The molecule has 0 saturated heterocycles. The summed E-state index contributed by atoms with van der Waals surface area (Å²) in [7, 11) is 0. The van der Waals surface area contributed by atoms with Gasteiger partial charge in [0, 0.05) is 11.6 Å². The Morgan fingerprint density at radius 1 is 1.67 bits per heavy atom. The number of fused-ring (bicyclic) bond motifs is 1. The summed E-state index contributed by atoms with van der Waals surface area (Å²) in [4.78, 5) is 0. The third kappa shape index (κ3) is 0.640. The standard InChI is InChI=1S/C8H11N/c1-5-7-4-6(7)2-3-8(5)9/h2-3,5-7,9H,4H2,1H3. The Morgan fingerprint density at radius 3 is 3.11 bits per heavy atom. The van der Waals surface area contributed by atoms with Gasteiger partial charge in [0.15, 0.2) is 0 Å². The van der Waals surface area contributed by atoms with Crippen LogP contribution in [0.2, 0.25) is 0 Å².